The number of nitrogens with zero attached hydrogens (tertiary/aromatic N) is 1. The van der Waals surface area contributed by atoms with Crippen molar-refractivity contribution >= 4 is 30.1 Å². The molecule has 0 radical (unpaired) electrons. The summed E-state index contributed by atoms with van der Waals surface area (Å²) in [6.45, 7) is 9.24. The summed E-state index contributed by atoms with van der Waals surface area (Å²) in [5.41, 5.74) is 6.77. The van der Waals surface area contributed by atoms with E-state index in [0.717, 1.165) is 12.0 Å². The normalized spacial score (nSPS) is 12.2. The van der Waals surface area contributed by atoms with Gasteiger partial charge in [0.25, 0.3) is 5.91 Å². The van der Waals surface area contributed by atoms with E-state index in [1.807, 2.05) is 31.3 Å². The lowest BCUT2D eigenvalue weighted by molar-refractivity contribution is 0.0789. The second-order valence-corrected chi connectivity index (χ2v) is 7.76. The molecule has 5 heteroatoms. The monoisotopic (exact) mass is 344 g/mol. The number of carbonyl (C=O) groups is 1. The molecule has 1 atom stereocenters. The summed E-state index contributed by atoms with van der Waals surface area (Å²) in [5, 5.41) is 0.548. The van der Waals surface area contributed by atoms with E-state index in [0.29, 0.717) is 17.7 Å². The highest BCUT2D eigenvalue weighted by atomic mass is 35.5. The number of carbonyl (C=O) groups excluding carboxylic acids is 1. The van der Waals surface area contributed by atoms with Crippen LogP contribution in [0.2, 0.25) is 0 Å². The van der Waals surface area contributed by atoms with Crippen LogP contribution in [0.3, 0.4) is 0 Å². The largest absolute Gasteiger partial charge is 0.342 e. The van der Waals surface area contributed by atoms with Gasteiger partial charge < -0.3 is 10.6 Å². The Labute approximate surface area is 145 Å². The Bertz CT molecular complexity index is 448. The van der Waals surface area contributed by atoms with Crippen molar-refractivity contribution in [2.24, 2.45) is 11.7 Å². The second kappa shape index (κ2) is 10.1. The van der Waals surface area contributed by atoms with Gasteiger partial charge in [0.2, 0.25) is 0 Å². The average molecular weight is 345 g/mol. The molecule has 1 aromatic rings. The summed E-state index contributed by atoms with van der Waals surface area (Å²) in [4.78, 5) is 15.3. The Morgan fingerprint density at radius 1 is 1.18 bits per heavy atom. The molecular formula is C17H29ClN2OS. The highest BCUT2D eigenvalue weighted by Gasteiger charge is 2.14. The van der Waals surface area contributed by atoms with Gasteiger partial charge in [-0.15, -0.1) is 24.2 Å². The molecular weight excluding hydrogens is 316 g/mol. The lowest BCUT2D eigenvalue weighted by Gasteiger charge is -2.21. The van der Waals surface area contributed by atoms with Gasteiger partial charge in [0.15, 0.2) is 0 Å². The fourth-order valence-corrected chi connectivity index (χ4v) is 2.78. The van der Waals surface area contributed by atoms with Gasteiger partial charge in [-0.25, -0.2) is 0 Å². The Kier molecular flexibility index (Phi) is 9.81. The molecule has 0 spiro atoms. The van der Waals surface area contributed by atoms with E-state index in [1.54, 1.807) is 16.7 Å². The lowest BCUT2D eigenvalue weighted by Crippen LogP contribution is -2.34. The molecule has 0 aliphatic heterocycles. The van der Waals surface area contributed by atoms with Gasteiger partial charge in [0.1, 0.15) is 0 Å². The number of thioether (sulfide) groups is 1. The molecule has 0 saturated carbocycles. The van der Waals surface area contributed by atoms with Crippen LogP contribution in [-0.4, -0.2) is 35.7 Å². The van der Waals surface area contributed by atoms with Crippen LogP contribution in [0, 0.1) is 5.92 Å². The third-order valence-electron chi connectivity index (χ3n) is 3.47. The van der Waals surface area contributed by atoms with Crippen LogP contribution < -0.4 is 5.73 Å². The maximum Gasteiger partial charge on any atom is 0.253 e. The Balaban J connectivity index is 0.00000441. The number of amides is 1. The van der Waals surface area contributed by atoms with Crippen molar-refractivity contribution in [1.29, 1.82) is 0 Å². The van der Waals surface area contributed by atoms with Gasteiger partial charge in [-0.1, -0.05) is 27.7 Å². The maximum atomic E-state index is 12.3. The minimum Gasteiger partial charge on any atom is -0.342 e. The summed E-state index contributed by atoms with van der Waals surface area (Å²) < 4.78 is 0. The zero-order valence-corrected chi connectivity index (χ0v) is 15.8. The number of hydrogen-bond acceptors (Lipinski definition) is 3. The lowest BCUT2D eigenvalue weighted by atomic mass is 10.0. The molecule has 1 amide bonds. The van der Waals surface area contributed by atoms with Gasteiger partial charge in [-0.2, -0.15) is 0 Å². The third-order valence-corrected chi connectivity index (χ3v) is 4.49. The summed E-state index contributed by atoms with van der Waals surface area (Å²) in [7, 11) is 1.84. The smallest absolute Gasteiger partial charge is 0.253 e. The number of rotatable bonds is 7. The van der Waals surface area contributed by atoms with Crippen LogP contribution in [0.15, 0.2) is 29.2 Å². The highest BCUT2D eigenvalue weighted by molar-refractivity contribution is 7.99. The van der Waals surface area contributed by atoms with Crippen LogP contribution in [0.25, 0.3) is 0 Å². The molecule has 22 heavy (non-hydrogen) atoms. The predicted octanol–water partition coefficient (Wildman–Crippen LogP) is 4.05. The predicted molar refractivity (Wildman–Crippen MR) is 99.1 cm³/mol. The number of benzene rings is 1. The molecule has 3 nitrogen and oxygen atoms in total. The van der Waals surface area contributed by atoms with Crippen molar-refractivity contribution in [2.45, 2.75) is 50.3 Å². The Morgan fingerprint density at radius 3 is 2.18 bits per heavy atom. The average Bonchev–Trinajstić information content (AvgIpc) is 2.43. The van der Waals surface area contributed by atoms with Gasteiger partial charge in [-0.3, -0.25) is 4.79 Å². The van der Waals surface area contributed by atoms with Gasteiger partial charge in [-0.05, 0) is 36.6 Å². The molecule has 1 unspecified atom stereocenters. The third kappa shape index (κ3) is 7.03. The molecule has 0 aromatic heterocycles. The van der Waals surface area contributed by atoms with Crippen molar-refractivity contribution in [3.05, 3.63) is 29.8 Å². The first kappa shape index (κ1) is 21.3. The van der Waals surface area contributed by atoms with E-state index in [2.05, 4.69) is 27.7 Å². The maximum absolute atomic E-state index is 12.3. The van der Waals surface area contributed by atoms with Crippen molar-refractivity contribution in [3.8, 4) is 0 Å². The highest BCUT2D eigenvalue weighted by Crippen LogP contribution is 2.23. The molecule has 0 aliphatic carbocycles. The quantitative estimate of drug-likeness (QED) is 0.759. The van der Waals surface area contributed by atoms with Crippen LogP contribution in [0.4, 0.5) is 0 Å². The van der Waals surface area contributed by atoms with E-state index in [9.17, 15) is 4.79 Å². The van der Waals surface area contributed by atoms with Crippen LogP contribution in [-0.2, 0) is 0 Å². The minimum absolute atomic E-state index is 0. The van der Waals surface area contributed by atoms with E-state index >= 15 is 0 Å². The number of hydrogen-bond donors (Lipinski definition) is 1. The second-order valence-electron chi connectivity index (χ2n) is 6.11. The molecule has 0 bridgehead atoms. The zero-order chi connectivity index (χ0) is 16.0. The fourth-order valence-electron chi connectivity index (χ4n) is 1.95. The molecule has 0 aliphatic rings. The number of nitrogens with two attached hydrogens (primary N) is 1. The zero-order valence-electron chi connectivity index (χ0n) is 14.2. The van der Waals surface area contributed by atoms with Crippen LogP contribution in [0.1, 0.15) is 44.5 Å². The molecule has 126 valence electrons. The van der Waals surface area contributed by atoms with Crippen molar-refractivity contribution in [3.63, 3.8) is 0 Å². The standard InChI is InChI=1S/C17H28N2OS.ClH/c1-12(2)16(18)10-11-19(5)17(20)14-6-8-15(9-7-14)21-13(3)4;/h6-9,12-13,16H,10-11,18H2,1-5H3;1H. The van der Waals surface area contributed by atoms with E-state index in [1.165, 1.54) is 4.90 Å². The summed E-state index contributed by atoms with van der Waals surface area (Å²) in [5.74, 6) is 0.507. The van der Waals surface area contributed by atoms with Gasteiger partial charge in [0, 0.05) is 35.3 Å². The van der Waals surface area contributed by atoms with Crippen molar-refractivity contribution in [2.75, 3.05) is 13.6 Å². The molecule has 1 rings (SSSR count). The van der Waals surface area contributed by atoms with Crippen molar-refractivity contribution in [1.82, 2.24) is 4.90 Å². The summed E-state index contributed by atoms with van der Waals surface area (Å²) in [6, 6.07) is 8.00. The number of halogens is 1. The van der Waals surface area contributed by atoms with Crippen LogP contribution in [0.5, 0.6) is 0 Å². The molecule has 1 aromatic carbocycles. The fraction of sp³-hybridized carbons (Fsp3) is 0.588. The SMILES string of the molecule is CC(C)Sc1ccc(C(=O)N(C)CCC(N)C(C)C)cc1.Cl. The van der Waals surface area contributed by atoms with Crippen LogP contribution >= 0.6 is 24.2 Å². The van der Waals surface area contributed by atoms with Gasteiger partial charge in [0.05, 0.1) is 0 Å². The van der Waals surface area contributed by atoms with E-state index in [4.69, 9.17) is 5.73 Å². The molecule has 2 N–H and O–H groups in total. The van der Waals surface area contributed by atoms with Gasteiger partial charge >= 0.3 is 0 Å². The summed E-state index contributed by atoms with van der Waals surface area (Å²) >= 11 is 1.80. The molecule has 0 saturated heterocycles. The van der Waals surface area contributed by atoms with E-state index in [-0.39, 0.29) is 24.4 Å². The first-order chi connectivity index (χ1) is 9.81. The van der Waals surface area contributed by atoms with Crippen molar-refractivity contribution < 1.29 is 4.79 Å². The Hall–Kier alpha value is -0.710. The molecule has 0 fully saturated rings. The summed E-state index contributed by atoms with van der Waals surface area (Å²) in [6.07, 6.45) is 0.835. The Morgan fingerprint density at radius 2 is 1.73 bits per heavy atom. The topological polar surface area (TPSA) is 46.3 Å². The minimum atomic E-state index is 0. The molecule has 0 heterocycles. The van der Waals surface area contributed by atoms with E-state index < -0.39 is 0 Å². The first-order valence-electron chi connectivity index (χ1n) is 7.59. The first-order valence-corrected chi connectivity index (χ1v) is 8.47.